The molecule has 0 radical (unpaired) electrons. The van der Waals surface area contributed by atoms with Crippen LogP contribution in [0.15, 0.2) is 18.2 Å². The molecule has 4 heteroatoms. The minimum atomic E-state index is 0.438. The molecule has 0 saturated carbocycles. The second-order valence-corrected chi connectivity index (χ2v) is 3.94. The first-order valence-corrected chi connectivity index (χ1v) is 5.76. The molecule has 0 atom stereocenters. The van der Waals surface area contributed by atoms with Gasteiger partial charge in [-0.05, 0) is 31.0 Å². The highest BCUT2D eigenvalue weighted by Gasteiger charge is 2.02. The molecule has 3 nitrogen and oxygen atoms in total. The van der Waals surface area contributed by atoms with Gasteiger partial charge in [-0.1, -0.05) is 11.6 Å². The fourth-order valence-corrected chi connectivity index (χ4v) is 1.57. The largest absolute Gasteiger partial charge is 0.493 e. The van der Waals surface area contributed by atoms with Crippen molar-refractivity contribution in [1.82, 2.24) is 0 Å². The maximum atomic E-state index is 5.87. The van der Waals surface area contributed by atoms with Crippen molar-refractivity contribution in [2.75, 3.05) is 20.3 Å². The van der Waals surface area contributed by atoms with Gasteiger partial charge >= 0.3 is 0 Å². The summed E-state index contributed by atoms with van der Waals surface area (Å²) < 4.78 is 10.6. The van der Waals surface area contributed by atoms with Crippen LogP contribution in [-0.2, 0) is 11.3 Å². The fourth-order valence-electron chi connectivity index (χ4n) is 1.38. The average molecular weight is 244 g/mol. The van der Waals surface area contributed by atoms with E-state index in [1.807, 2.05) is 18.2 Å². The number of unbranched alkanes of at least 4 members (excludes halogenated alkanes) is 1. The highest BCUT2D eigenvalue weighted by molar-refractivity contribution is 6.30. The van der Waals surface area contributed by atoms with Crippen molar-refractivity contribution in [3.63, 3.8) is 0 Å². The summed E-state index contributed by atoms with van der Waals surface area (Å²) in [6.07, 6.45) is 1.97. The Morgan fingerprint density at radius 1 is 1.25 bits per heavy atom. The van der Waals surface area contributed by atoms with Gasteiger partial charge in [0.2, 0.25) is 0 Å². The zero-order valence-corrected chi connectivity index (χ0v) is 10.3. The van der Waals surface area contributed by atoms with Crippen LogP contribution in [0, 0.1) is 0 Å². The molecule has 0 bridgehead atoms. The third kappa shape index (κ3) is 4.39. The van der Waals surface area contributed by atoms with Crippen LogP contribution in [0.4, 0.5) is 0 Å². The molecule has 0 heterocycles. The molecule has 1 aromatic rings. The predicted molar refractivity (Wildman–Crippen MR) is 65.9 cm³/mol. The second kappa shape index (κ2) is 7.49. The topological polar surface area (TPSA) is 44.5 Å². The Morgan fingerprint density at radius 2 is 2.00 bits per heavy atom. The number of rotatable bonds is 7. The van der Waals surface area contributed by atoms with E-state index in [0.717, 1.165) is 30.8 Å². The molecule has 90 valence electrons. The first-order chi connectivity index (χ1) is 7.77. The van der Waals surface area contributed by atoms with Crippen molar-refractivity contribution in [2.45, 2.75) is 19.4 Å². The number of benzene rings is 1. The minimum absolute atomic E-state index is 0.438. The third-order valence-corrected chi connectivity index (χ3v) is 2.48. The minimum Gasteiger partial charge on any atom is -0.493 e. The van der Waals surface area contributed by atoms with Crippen LogP contribution < -0.4 is 10.5 Å². The van der Waals surface area contributed by atoms with E-state index >= 15 is 0 Å². The predicted octanol–water partition coefficient (Wildman–Crippen LogP) is 2.60. The lowest BCUT2D eigenvalue weighted by Crippen LogP contribution is -2.04. The molecule has 0 aliphatic carbocycles. The molecule has 0 aliphatic heterocycles. The third-order valence-electron chi connectivity index (χ3n) is 2.24. The van der Waals surface area contributed by atoms with E-state index in [2.05, 4.69) is 0 Å². The zero-order chi connectivity index (χ0) is 11.8. The smallest absolute Gasteiger partial charge is 0.123 e. The van der Waals surface area contributed by atoms with Crippen LogP contribution in [0.3, 0.4) is 0 Å². The van der Waals surface area contributed by atoms with E-state index in [1.165, 1.54) is 0 Å². The van der Waals surface area contributed by atoms with Crippen LogP contribution in [-0.4, -0.2) is 20.3 Å². The van der Waals surface area contributed by atoms with Crippen molar-refractivity contribution in [1.29, 1.82) is 0 Å². The van der Waals surface area contributed by atoms with Crippen LogP contribution >= 0.6 is 11.6 Å². The Bertz CT molecular complexity index is 318. The van der Waals surface area contributed by atoms with Crippen LogP contribution in [0.5, 0.6) is 5.75 Å². The number of halogens is 1. The first kappa shape index (κ1) is 13.3. The number of ether oxygens (including phenoxy) is 2. The summed E-state index contributed by atoms with van der Waals surface area (Å²) in [5.41, 5.74) is 6.56. The highest BCUT2D eigenvalue weighted by Crippen LogP contribution is 2.22. The summed E-state index contributed by atoms with van der Waals surface area (Å²) in [5, 5.41) is 0.687. The molecule has 0 amide bonds. The fraction of sp³-hybridized carbons (Fsp3) is 0.500. The van der Waals surface area contributed by atoms with E-state index in [9.17, 15) is 0 Å². The van der Waals surface area contributed by atoms with Gasteiger partial charge in [-0.2, -0.15) is 0 Å². The van der Waals surface area contributed by atoms with Gasteiger partial charge in [-0.3, -0.25) is 0 Å². The van der Waals surface area contributed by atoms with Crippen LogP contribution in [0.25, 0.3) is 0 Å². The van der Waals surface area contributed by atoms with E-state index in [-0.39, 0.29) is 0 Å². The van der Waals surface area contributed by atoms with Crippen molar-refractivity contribution >= 4 is 11.6 Å². The number of hydrogen-bond donors (Lipinski definition) is 1. The molecule has 0 fully saturated rings. The van der Waals surface area contributed by atoms with Crippen molar-refractivity contribution in [2.24, 2.45) is 5.73 Å². The molecule has 1 aromatic carbocycles. The molecule has 0 aromatic heterocycles. The number of nitrogens with two attached hydrogens (primary N) is 1. The molecule has 16 heavy (non-hydrogen) atoms. The molecular formula is C12H18ClNO2. The van der Waals surface area contributed by atoms with Gasteiger partial charge < -0.3 is 15.2 Å². The summed E-state index contributed by atoms with van der Waals surface area (Å²) in [6, 6.07) is 5.51. The molecule has 0 aliphatic rings. The van der Waals surface area contributed by atoms with Crippen molar-refractivity contribution in [3.05, 3.63) is 28.8 Å². The van der Waals surface area contributed by atoms with E-state index in [0.29, 0.717) is 18.2 Å². The monoisotopic (exact) mass is 243 g/mol. The molecule has 0 unspecified atom stereocenters. The van der Waals surface area contributed by atoms with Gasteiger partial charge in [-0.15, -0.1) is 0 Å². The maximum absolute atomic E-state index is 5.87. The maximum Gasteiger partial charge on any atom is 0.123 e. The summed E-state index contributed by atoms with van der Waals surface area (Å²) in [7, 11) is 1.70. The van der Waals surface area contributed by atoms with E-state index in [1.54, 1.807) is 7.11 Å². The van der Waals surface area contributed by atoms with E-state index in [4.69, 9.17) is 26.8 Å². The molecule has 0 saturated heterocycles. The lowest BCUT2D eigenvalue weighted by molar-refractivity contribution is 0.184. The van der Waals surface area contributed by atoms with Crippen LogP contribution in [0.1, 0.15) is 18.4 Å². The number of methoxy groups -OCH3 is 1. The van der Waals surface area contributed by atoms with Gasteiger partial charge in [0.15, 0.2) is 0 Å². The van der Waals surface area contributed by atoms with Crippen molar-refractivity contribution in [3.8, 4) is 5.75 Å². The number of hydrogen-bond acceptors (Lipinski definition) is 3. The Morgan fingerprint density at radius 3 is 2.69 bits per heavy atom. The zero-order valence-electron chi connectivity index (χ0n) is 9.54. The Labute approximate surface area is 101 Å². The summed E-state index contributed by atoms with van der Waals surface area (Å²) >= 11 is 5.87. The average Bonchev–Trinajstić information content (AvgIpc) is 2.30. The Hall–Kier alpha value is -0.770. The molecular weight excluding hydrogens is 226 g/mol. The highest BCUT2D eigenvalue weighted by atomic mass is 35.5. The first-order valence-electron chi connectivity index (χ1n) is 5.38. The normalized spacial score (nSPS) is 10.4. The lowest BCUT2D eigenvalue weighted by Gasteiger charge is -2.10. The van der Waals surface area contributed by atoms with Gasteiger partial charge in [0.1, 0.15) is 5.75 Å². The van der Waals surface area contributed by atoms with Gasteiger partial charge in [0.05, 0.1) is 6.61 Å². The molecule has 2 N–H and O–H groups in total. The lowest BCUT2D eigenvalue weighted by atomic mass is 10.2. The Balaban J connectivity index is 2.41. The quantitative estimate of drug-likeness (QED) is 0.749. The van der Waals surface area contributed by atoms with Gasteiger partial charge in [-0.25, -0.2) is 0 Å². The SMILES string of the molecule is COCCCCOc1ccc(Cl)cc1CN. The summed E-state index contributed by atoms with van der Waals surface area (Å²) in [5.74, 6) is 0.823. The van der Waals surface area contributed by atoms with Gasteiger partial charge in [0.25, 0.3) is 0 Å². The molecule has 1 rings (SSSR count). The summed E-state index contributed by atoms with van der Waals surface area (Å²) in [4.78, 5) is 0. The van der Waals surface area contributed by atoms with E-state index < -0.39 is 0 Å². The second-order valence-electron chi connectivity index (χ2n) is 3.50. The van der Waals surface area contributed by atoms with Crippen LogP contribution in [0.2, 0.25) is 5.02 Å². The van der Waals surface area contributed by atoms with Gasteiger partial charge in [0, 0.05) is 30.8 Å². The Kier molecular flexibility index (Phi) is 6.23. The standard InChI is InChI=1S/C12H18ClNO2/c1-15-6-2-3-7-16-12-5-4-11(13)8-10(12)9-14/h4-5,8H,2-3,6-7,9,14H2,1H3. The summed E-state index contributed by atoms with van der Waals surface area (Å²) in [6.45, 7) is 1.89. The molecule has 0 spiro atoms. The van der Waals surface area contributed by atoms with Crippen molar-refractivity contribution < 1.29 is 9.47 Å².